The molecule has 2 aromatic carbocycles. The molecule has 10 heteroatoms. The third-order valence-corrected chi connectivity index (χ3v) is 8.56. The van der Waals surface area contributed by atoms with Gasteiger partial charge >= 0.3 is 5.97 Å². The Kier molecular flexibility index (Phi) is 8.74. The van der Waals surface area contributed by atoms with Gasteiger partial charge in [0.15, 0.2) is 5.78 Å². The zero-order chi connectivity index (χ0) is 29.9. The van der Waals surface area contributed by atoms with Crippen LogP contribution >= 0.6 is 11.6 Å². The van der Waals surface area contributed by atoms with Crippen LogP contribution in [-0.4, -0.2) is 57.2 Å². The maximum absolute atomic E-state index is 13.1. The molecule has 6 rings (SSSR count). The second-order valence-electron chi connectivity index (χ2n) is 11.2. The van der Waals surface area contributed by atoms with Crippen LogP contribution in [0, 0.1) is 6.92 Å². The van der Waals surface area contributed by atoms with Gasteiger partial charge in [-0.05, 0) is 74.6 Å². The number of fused-ring (bicyclic) bond motifs is 1. The predicted octanol–water partition coefficient (Wildman–Crippen LogP) is 6.00. The number of pyridine rings is 1. The first-order chi connectivity index (χ1) is 20.9. The lowest BCUT2D eigenvalue weighted by molar-refractivity contribution is -0.122. The Morgan fingerprint density at radius 3 is 2.51 bits per heavy atom. The normalized spacial score (nSPS) is 17.5. The molecule has 0 spiro atoms. The maximum Gasteiger partial charge on any atom is 0.357 e. The molecule has 1 atom stereocenters. The number of ether oxygens (including phenoxy) is 2. The third-order valence-electron chi connectivity index (χ3n) is 8.32. The number of benzene rings is 2. The first-order valence-electron chi connectivity index (χ1n) is 14.7. The van der Waals surface area contributed by atoms with Gasteiger partial charge in [0.2, 0.25) is 5.88 Å². The van der Waals surface area contributed by atoms with E-state index in [9.17, 15) is 9.59 Å². The second-order valence-corrected chi connectivity index (χ2v) is 11.5. The average molecular weight is 603 g/mol. The first-order valence-corrected chi connectivity index (χ1v) is 15.3. The van der Waals surface area contributed by atoms with Crippen molar-refractivity contribution >= 4 is 34.4 Å². The number of imidazole rings is 1. The molecule has 2 fully saturated rings. The van der Waals surface area contributed by atoms with E-state index in [1.165, 1.54) is 0 Å². The minimum Gasteiger partial charge on any atom is -0.473 e. The lowest BCUT2D eigenvalue weighted by Gasteiger charge is -2.30. The molecular weight excluding hydrogens is 568 g/mol. The summed E-state index contributed by atoms with van der Waals surface area (Å²) in [7, 11) is 0. The summed E-state index contributed by atoms with van der Waals surface area (Å²) in [5.74, 6) is 1.52. The number of rotatable bonds is 10. The maximum atomic E-state index is 13.1. The summed E-state index contributed by atoms with van der Waals surface area (Å²) >= 11 is 6.16. The topological polar surface area (TPSA) is 95.8 Å². The molecule has 0 radical (unpaired) electrons. The quantitative estimate of drug-likeness (QED) is 0.161. The number of nitrogens with zero attached hydrogens (tertiary/aromatic N) is 4. The number of carbonyl (C=O) groups is 2. The number of Topliss-reactive ketones (excluding diaryl/α,β-unsaturated/α-hetero) is 1. The van der Waals surface area contributed by atoms with Crippen LogP contribution in [0.3, 0.4) is 0 Å². The summed E-state index contributed by atoms with van der Waals surface area (Å²) in [6.45, 7) is 6.58. The SMILES string of the molecule is CC(=O)c1ccc(COc2cccc(C3CCN(OC(=O)c4ccc5nc(CCl)n(C[C@@H]6CCO6)c5c4)CC3)n2)c(C)c1. The van der Waals surface area contributed by atoms with Crippen molar-refractivity contribution in [3.05, 3.63) is 88.4 Å². The predicted molar refractivity (Wildman–Crippen MR) is 162 cm³/mol. The summed E-state index contributed by atoms with van der Waals surface area (Å²) in [6, 6.07) is 16.9. The van der Waals surface area contributed by atoms with Crippen molar-refractivity contribution in [2.75, 3.05) is 19.7 Å². The molecule has 224 valence electrons. The number of aryl methyl sites for hydroxylation is 1. The fourth-order valence-electron chi connectivity index (χ4n) is 5.62. The highest BCUT2D eigenvalue weighted by molar-refractivity contribution is 6.16. The van der Waals surface area contributed by atoms with Gasteiger partial charge < -0.3 is 18.9 Å². The van der Waals surface area contributed by atoms with Crippen molar-refractivity contribution in [3.63, 3.8) is 0 Å². The lowest BCUT2D eigenvalue weighted by atomic mass is 9.94. The van der Waals surface area contributed by atoms with E-state index in [1.54, 1.807) is 18.1 Å². The molecule has 0 unspecified atom stereocenters. The fourth-order valence-corrected chi connectivity index (χ4v) is 5.82. The summed E-state index contributed by atoms with van der Waals surface area (Å²) in [6.07, 6.45) is 2.76. The second kappa shape index (κ2) is 12.8. The number of ketones is 1. The highest BCUT2D eigenvalue weighted by Crippen LogP contribution is 2.29. The molecule has 2 aromatic heterocycles. The number of hydroxylamine groups is 2. The molecule has 0 bridgehead atoms. The van der Waals surface area contributed by atoms with Crippen LogP contribution in [0.2, 0.25) is 0 Å². The van der Waals surface area contributed by atoms with Gasteiger partial charge in [-0.25, -0.2) is 14.8 Å². The molecule has 0 N–H and O–H groups in total. The van der Waals surface area contributed by atoms with Crippen molar-refractivity contribution in [1.29, 1.82) is 0 Å². The Hall–Kier alpha value is -3.79. The minimum absolute atomic E-state index is 0.0481. The molecule has 0 aliphatic carbocycles. The Balaban J connectivity index is 1.04. The molecule has 4 aromatic rings. The van der Waals surface area contributed by atoms with E-state index >= 15 is 0 Å². The number of alkyl halides is 1. The molecule has 43 heavy (non-hydrogen) atoms. The molecule has 0 saturated carbocycles. The van der Waals surface area contributed by atoms with Gasteiger partial charge in [0.25, 0.3) is 0 Å². The number of carbonyl (C=O) groups excluding carboxylic acids is 2. The average Bonchev–Trinajstić information content (AvgIpc) is 3.35. The number of hydrogen-bond donors (Lipinski definition) is 0. The number of aromatic nitrogens is 3. The van der Waals surface area contributed by atoms with Crippen molar-refractivity contribution in [1.82, 2.24) is 19.6 Å². The van der Waals surface area contributed by atoms with Crippen LogP contribution in [-0.2, 0) is 28.6 Å². The zero-order valence-corrected chi connectivity index (χ0v) is 25.2. The standard InChI is InChI=1S/C33H35ClN4O5/c1-21-16-24(22(2)39)6-7-26(21)20-42-32-5-3-4-28(36-32)23-10-13-37(14-11-23)43-33(40)25-8-9-29-30(17-25)38(31(18-34)35-29)19-27-12-15-41-27/h3-9,16-17,23,27H,10-15,18-20H2,1-2H3/t27-/m0/s1. The van der Waals surface area contributed by atoms with Crippen molar-refractivity contribution < 1.29 is 23.9 Å². The molecule has 2 aliphatic rings. The van der Waals surface area contributed by atoms with E-state index < -0.39 is 0 Å². The lowest BCUT2D eigenvalue weighted by Crippen LogP contribution is -2.35. The van der Waals surface area contributed by atoms with Crippen LogP contribution in [0.4, 0.5) is 0 Å². The van der Waals surface area contributed by atoms with E-state index in [0.29, 0.717) is 43.2 Å². The minimum atomic E-state index is -0.388. The van der Waals surface area contributed by atoms with Crippen LogP contribution < -0.4 is 4.74 Å². The van der Waals surface area contributed by atoms with E-state index in [4.69, 9.17) is 30.9 Å². The van der Waals surface area contributed by atoms with E-state index in [2.05, 4.69) is 4.98 Å². The fraction of sp³-hybridized carbons (Fsp3) is 0.394. The smallest absolute Gasteiger partial charge is 0.357 e. The van der Waals surface area contributed by atoms with E-state index in [1.807, 2.05) is 60.0 Å². The van der Waals surface area contributed by atoms with Gasteiger partial charge in [-0.1, -0.05) is 18.2 Å². The van der Waals surface area contributed by atoms with E-state index in [0.717, 1.165) is 59.5 Å². The van der Waals surface area contributed by atoms with Crippen LogP contribution in [0.25, 0.3) is 11.0 Å². The molecule has 2 saturated heterocycles. The summed E-state index contributed by atoms with van der Waals surface area (Å²) in [5.41, 5.74) is 5.83. The van der Waals surface area contributed by atoms with Gasteiger partial charge in [0, 0.05) is 42.9 Å². The highest BCUT2D eigenvalue weighted by Gasteiger charge is 2.26. The summed E-state index contributed by atoms with van der Waals surface area (Å²) in [5, 5.41) is 1.74. The largest absolute Gasteiger partial charge is 0.473 e. The monoisotopic (exact) mass is 602 g/mol. The molecule has 4 heterocycles. The highest BCUT2D eigenvalue weighted by atomic mass is 35.5. The van der Waals surface area contributed by atoms with Crippen LogP contribution in [0.1, 0.15) is 75.5 Å². The van der Waals surface area contributed by atoms with Gasteiger partial charge in [-0.15, -0.1) is 16.7 Å². The molecule has 2 aliphatic heterocycles. The van der Waals surface area contributed by atoms with Crippen LogP contribution in [0.15, 0.2) is 54.6 Å². The number of piperidine rings is 1. The number of halogens is 1. The summed E-state index contributed by atoms with van der Waals surface area (Å²) in [4.78, 5) is 39.9. The number of hydrogen-bond acceptors (Lipinski definition) is 8. The Labute approximate surface area is 255 Å². The van der Waals surface area contributed by atoms with Gasteiger partial charge in [0.05, 0.1) is 35.1 Å². The Morgan fingerprint density at radius 1 is 1.02 bits per heavy atom. The van der Waals surface area contributed by atoms with Crippen molar-refractivity contribution in [3.8, 4) is 5.88 Å². The van der Waals surface area contributed by atoms with Crippen molar-refractivity contribution in [2.24, 2.45) is 0 Å². The van der Waals surface area contributed by atoms with Crippen molar-refractivity contribution in [2.45, 2.75) is 64.2 Å². The Bertz CT molecular complexity index is 1640. The third kappa shape index (κ3) is 6.59. The van der Waals surface area contributed by atoms with Gasteiger partial charge in [-0.3, -0.25) is 4.79 Å². The van der Waals surface area contributed by atoms with Crippen LogP contribution in [0.5, 0.6) is 5.88 Å². The van der Waals surface area contributed by atoms with E-state index in [-0.39, 0.29) is 29.7 Å². The molecule has 9 nitrogen and oxygen atoms in total. The first kappa shape index (κ1) is 29.3. The zero-order valence-electron chi connectivity index (χ0n) is 24.4. The summed E-state index contributed by atoms with van der Waals surface area (Å²) < 4.78 is 13.7. The molecule has 0 amide bonds. The van der Waals surface area contributed by atoms with Gasteiger partial charge in [-0.2, -0.15) is 0 Å². The Morgan fingerprint density at radius 2 is 1.81 bits per heavy atom. The molecular formula is C33H35ClN4O5. The van der Waals surface area contributed by atoms with Gasteiger partial charge in [0.1, 0.15) is 12.4 Å².